The van der Waals surface area contributed by atoms with Crippen LogP contribution in [0.5, 0.6) is 0 Å². The number of rotatable bonds is 3. The second-order valence-electron chi connectivity index (χ2n) is 5.52. The van der Waals surface area contributed by atoms with Gasteiger partial charge in [-0.05, 0) is 24.5 Å². The first-order chi connectivity index (χ1) is 9.90. The van der Waals surface area contributed by atoms with Gasteiger partial charge in [-0.15, -0.1) is 0 Å². The number of likely N-dealkylation sites (tertiary alicyclic amines) is 1. The van der Waals surface area contributed by atoms with Crippen molar-refractivity contribution in [1.82, 2.24) is 10.2 Å². The molecule has 1 aromatic rings. The fraction of sp³-hybridized carbons (Fsp3) is 0.467. The highest BCUT2D eigenvalue weighted by Gasteiger charge is 2.37. The molecule has 2 rings (SSSR count). The van der Waals surface area contributed by atoms with Crippen LogP contribution < -0.4 is 5.32 Å². The number of carbonyl (C=O) groups excluding carboxylic acids is 1. The number of aliphatic carboxylic acids is 1. The summed E-state index contributed by atoms with van der Waals surface area (Å²) < 4.78 is 0. The number of hydrogen-bond donors (Lipinski definition) is 2. The smallest absolute Gasteiger partial charge is 0.317 e. The third kappa shape index (κ3) is 3.47. The van der Waals surface area contributed by atoms with E-state index in [1.807, 2.05) is 32.0 Å². The van der Waals surface area contributed by atoms with Gasteiger partial charge in [0.2, 0.25) is 0 Å². The lowest BCUT2D eigenvalue weighted by Gasteiger charge is -2.21. The number of nitrogens with one attached hydrogen (secondary N) is 1. The molecule has 2 amide bonds. The quantitative estimate of drug-likeness (QED) is 0.902. The maximum absolute atomic E-state index is 12.2. The van der Waals surface area contributed by atoms with Gasteiger partial charge in [-0.3, -0.25) is 4.79 Å². The number of urea groups is 1. The number of nitrogens with zero attached hydrogens (tertiary/aromatic N) is 1. The van der Waals surface area contributed by atoms with E-state index in [4.69, 9.17) is 16.7 Å². The topological polar surface area (TPSA) is 69.6 Å². The molecule has 0 aliphatic carbocycles. The Kier molecular flexibility index (Phi) is 4.73. The molecule has 3 atom stereocenters. The minimum absolute atomic E-state index is 0.0381. The zero-order valence-electron chi connectivity index (χ0n) is 12.0. The van der Waals surface area contributed by atoms with Crippen LogP contribution >= 0.6 is 11.6 Å². The van der Waals surface area contributed by atoms with Crippen LogP contribution in [-0.4, -0.2) is 35.1 Å². The normalized spacial score (nSPS) is 22.9. The molecule has 1 aliphatic heterocycles. The molecule has 1 fully saturated rings. The Labute approximate surface area is 128 Å². The van der Waals surface area contributed by atoms with E-state index in [9.17, 15) is 9.59 Å². The lowest BCUT2D eigenvalue weighted by atomic mass is 9.99. The zero-order valence-corrected chi connectivity index (χ0v) is 12.8. The summed E-state index contributed by atoms with van der Waals surface area (Å²) in [5.74, 6) is -1.38. The molecule has 21 heavy (non-hydrogen) atoms. The van der Waals surface area contributed by atoms with Crippen LogP contribution in [0.3, 0.4) is 0 Å². The molecule has 1 aliphatic rings. The molecule has 0 bridgehead atoms. The van der Waals surface area contributed by atoms with E-state index in [2.05, 4.69) is 5.32 Å². The first-order valence-corrected chi connectivity index (χ1v) is 7.30. The number of benzene rings is 1. The Hall–Kier alpha value is -1.75. The molecule has 0 saturated carbocycles. The number of halogens is 1. The number of carboxylic acids is 1. The van der Waals surface area contributed by atoms with Crippen molar-refractivity contribution >= 4 is 23.6 Å². The lowest BCUT2D eigenvalue weighted by Crippen LogP contribution is -2.40. The van der Waals surface area contributed by atoms with Crippen LogP contribution in [0.1, 0.15) is 25.5 Å². The summed E-state index contributed by atoms with van der Waals surface area (Å²) in [6.45, 7) is 4.41. The van der Waals surface area contributed by atoms with E-state index in [0.29, 0.717) is 11.6 Å². The van der Waals surface area contributed by atoms with E-state index >= 15 is 0 Å². The van der Waals surface area contributed by atoms with E-state index in [1.54, 1.807) is 11.0 Å². The molecule has 6 heteroatoms. The van der Waals surface area contributed by atoms with Gasteiger partial charge in [-0.2, -0.15) is 0 Å². The van der Waals surface area contributed by atoms with E-state index in [0.717, 1.165) is 5.56 Å². The second-order valence-corrected chi connectivity index (χ2v) is 5.93. The van der Waals surface area contributed by atoms with Gasteiger partial charge in [0.1, 0.15) is 0 Å². The van der Waals surface area contributed by atoms with Gasteiger partial charge < -0.3 is 15.3 Å². The molecule has 114 valence electrons. The average molecular weight is 311 g/mol. The predicted octanol–water partition coefficient (Wildman–Crippen LogP) is 2.76. The molecule has 0 spiro atoms. The third-order valence-electron chi connectivity index (χ3n) is 3.93. The Bertz CT molecular complexity index is 549. The molecule has 1 heterocycles. The van der Waals surface area contributed by atoms with Gasteiger partial charge in [0, 0.05) is 18.1 Å². The fourth-order valence-corrected chi connectivity index (χ4v) is 2.93. The minimum Gasteiger partial charge on any atom is -0.481 e. The number of hydrogen-bond acceptors (Lipinski definition) is 2. The standard InChI is InChI=1S/C15H19ClN2O3/c1-9-7-18(8-12(9)14(19)20)15(21)17-10(2)11-5-3-4-6-13(11)16/h3-6,9-10,12H,7-8H2,1-2H3,(H,17,21)(H,19,20)/t9-,10?,12-/m1/s1. The molecule has 5 nitrogen and oxygen atoms in total. The van der Waals surface area contributed by atoms with Crippen molar-refractivity contribution in [3.63, 3.8) is 0 Å². The fourth-order valence-electron chi connectivity index (χ4n) is 2.63. The predicted molar refractivity (Wildman–Crippen MR) is 80.3 cm³/mol. The maximum Gasteiger partial charge on any atom is 0.317 e. The molecule has 1 aromatic carbocycles. The lowest BCUT2D eigenvalue weighted by molar-refractivity contribution is -0.142. The highest BCUT2D eigenvalue weighted by molar-refractivity contribution is 6.31. The minimum atomic E-state index is -0.850. The Balaban J connectivity index is 1.99. The molecule has 1 unspecified atom stereocenters. The van der Waals surface area contributed by atoms with Crippen LogP contribution in [0.25, 0.3) is 0 Å². The largest absolute Gasteiger partial charge is 0.481 e. The first kappa shape index (κ1) is 15.6. The summed E-state index contributed by atoms with van der Waals surface area (Å²) in [7, 11) is 0. The molecule has 0 aromatic heterocycles. The average Bonchev–Trinajstić information content (AvgIpc) is 2.81. The van der Waals surface area contributed by atoms with Crippen LogP contribution in [0, 0.1) is 11.8 Å². The highest BCUT2D eigenvalue weighted by Crippen LogP contribution is 2.25. The van der Waals surface area contributed by atoms with E-state index in [-0.39, 0.29) is 24.5 Å². The summed E-state index contributed by atoms with van der Waals surface area (Å²) in [5.41, 5.74) is 0.842. The van der Waals surface area contributed by atoms with E-state index < -0.39 is 11.9 Å². The summed E-state index contributed by atoms with van der Waals surface area (Å²) in [4.78, 5) is 24.9. The number of amides is 2. The van der Waals surface area contributed by atoms with Gasteiger partial charge in [-0.1, -0.05) is 36.7 Å². The van der Waals surface area contributed by atoms with Gasteiger partial charge in [0.25, 0.3) is 0 Å². The number of carbonyl (C=O) groups is 2. The Morgan fingerprint density at radius 3 is 2.62 bits per heavy atom. The second kappa shape index (κ2) is 6.35. The van der Waals surface area contributed by atoms with E-state index in [1.165, 1.54) is 0 Å². The Morgan fingerprint density at radius 1 is 1.38 bits per heavy atom. The van der Waals surface area contributed by atoms with Crippen LogP contribution in [0.4, 0.5) is 4.79 Å². The zero-order chi connectivity index (χ0) is 15.6. The third-order valence-corrected chi connectivity index (χ3v) is 4.27. The van der Waals surface area contributed by atoms with Crippen LogP contribution in [0.15, 0.2) is 24.3 Å². The maximum atomic E-state index is 12.2. The van der Waals surface area contributed by atoms with Crippen molar-refractivity contribution in [2.75, 3.05) is 13.1 Å². The number of carboxylic acid groups (broad SMARTS) is 1. The van der Waals surface area contributed by atoms with Crippen molar-refractivity contribution < 1.29 is 14.7 Å². The Morgan fingerprint density at radius 2 is 2.05 bits per heavy atom. The molecular weight excluding hydrogens is 292 g/mol. The van der Waals surface area contributed by atoms with Crippen molar-refractivity contribution in [2.24, 2.45) is 11.8 Å². The van der Waals surface area contributed by atoms with Crippen molar-refractivity contribution in [3.8, 4) is 0 Å². The van der Waals surface area contributed by atoms with Gasteiger partial charge in [-0.25, -0.2) is 4.79 Å². The van der Waals surface area contributed by atoms with Gasteiger partial charge in [0.15, 0.2) is 0 Å². The van der Waals surface area contributed by atoms with Crippen molar-refractivity contribution in [1.29, 1.82) is 0 Å². The summed E-state index contributed by atoms with van der Waals surface area (Å²) in [6, 6.07) is 6.85. The van der Waals surface area contributed by atoms with Crippen molar-refractivity contribution in [2.45, 2.75) is 19.9 Å². The van der Waals surface area contributed by atoms with Gasteiger partial charge >= 0.3 is 12.0 Å². The summed E-state index contributed by atoms with van der Waals surface area (Å²) in [6.07, 6.45) is 0. The molecule has 0 radical (unpaired) electrons. The van der Waals surface area contributed by atoms with Crippen LogP contribution in [0.2, 0.25) is 5.02 Å². The molecule has 2 N–H and O–H groups in total. The van der Waals surface area contributed by atoms with Crippen molar-refractivity contribution in [3.05, 3.63) is 34.9 Å². The highest BCUT2D eigenvalue weighted by atomic mass is 35.5. The molecular formula is C15H19ClN2O3. The molecule has 1 saturated heterocycles. The van der Waals surface area contributed by atoms with Crippen LogP contribution in [-0.2, 0) is 4.79 Å². The summed E-state index contributed by atoms with van der Waals surface area (Å²) in [5, 5.41) is 12.6. The monoisotopic (exact) mass is 310 g/mol. The van der Waals surface area contributed by atoms with Gasteiger partial charge in [0.05, 0.1) is 12.0 Å². The SMILES string of the molecule is CC(NC(=O)N1C[C@@H](C)[C@H](C(=O)O)C1)c1ccccc1Cl. The summed E-state index contributed by atoms with van der Waals surface area (Å²) >= 11 is 6.11. The first-order valence-electron chi connectivity index (χ1n) is 6.92.